The van der Waals surface area contributed by atoms with Crippen molar-refractivity contribution in [2.24, 2.45) is 5.41 Å². The molecule has 3 heteroatoms. The van der Waals surface area contributed by atoms with Gasteiger partial charge in [0.1, 0.15) is 5.72 Å². The van der Waals surface area contributed by atoms with Crippen molar-refractivity contribution < 1.29 is 4.74 Å². The van der Waals surface area contributed by atoms with Gasteiger partial charge < -0.3 is 10.1 Å². The molecule has 0 aromatic heterocycles. The van der Waals surface area contributed by atoms with Crippen LogP contribution in [0.1, 0.15) is 44.1 Å². The second-order valence-electron chi connectivity index (χ2n) is 8.12. The van der Waals surface area contributed by atoms with Crippen molar-refractivity contribution in [3.8, 4) is 0 Å². The van der Waals surface area contributed by atoms with E-state index in [0.717, 1.165) is 6.61 Å². The zero-order chi connectivity index (χ0) is 14.4. The molecule has 2 spiro atoms. The maximum absolute atomic E-state index is 6.77. The standard InChI is InChI=1S/C19H24N2O/c1-2-5-15-14(4-1)18-9-12-21-11-3-7-17(8-6-16(18)20-15)10-13-22-19(17,18)21/h1-2,4-5,16,20H,3,6-13H2/t16-,17+,18+,19-/m0/s1. The van der Waals surface area contributed by atoms with E-state index in [9.17, 15) is 0 Å². The van der Waals surface area contributed by atoms with Crippen molar-refractivity contribution in [2.75, 3.05) is 25.0 Å². The van der Waals surface area contributed by atoms with Gasteiger partial charge in [-0.3, -0.25) is 4.90 Å². The Morgan fingerprint density at radius 2 is 2.05 bits per heavy atom. The zero-order valence-electron chi connectivity index (χ0n) is 13.1. The van der Waals surface area contributed by atoms with E-state index < -0.39 is 0 Å². The summed E-state index contributed by atoms with van der Waals surface area (Å²) in [5.41, 5.74) is 3.52. The fourth-order valence-electron chi connectivity index (χ4n) is 7.22. The molecule has 22 heavy (non-hydrogen) atoms. The molecule has 4 aliphatic heterocycles. The van der Waals surface area contributed by atoms with Crippen LogP contribution in [0.15, 0.2) is 24.3 Å². The molecule has 0 radical (unpaired) electrons. The molecule has 0 bridgehead atoms. The van der Waals surface area contributed by atoms with Crippen molar-refractivity contribution in [1.82, 2.24) is 4.90 Å². The molecule has 1 aromatic rings. The minimum absolute atomic E-state index is 0.0131. The van der Waals surface area contributed by atoms with Gasteiger partial charge in [-0.05, 0) is 50.2 Å². The predicted molar refractivity (Wildman–Crippen MR) is 85.9 cm³/mol. The number of anilines is 1. The number of nitrogens with one attached hydrogen (secondary N) is 1. The van der Waals surface area contributed by atoms with Gasteiger partial charge in [-0.25, -0.2) is 0 Å². The van der Waals surface area contributed by atoms with Crippen molar-refractivity contribution in [3.63, 3.8) is 0 Å². The first-order valence-corrected chi connectivity index (χ1v) is 9.08. The summed E-state index contributed by atoms with van der Waals surface area (Å²) in [6.45, 7) is 3.42. The highest BCUT2D eigenvalue weighted by Gasteiger charge is 2.78. The molecular formula is C19H24N2O. The zero-order valence-corrected chi connectivity index (χ0v) is 13.1. The van der Waals surface area contributed by atoms with Crippen LogP contribution in [0, 0.1) is 5.41 Å². The second-order valence-corrected chi connectivity index (χ2v) is 8.12. The molecule has 4 atom stereocenters. The molecule has 0 amide bonds. The van der Waals surface area contributed by atoms with Crippen LogP contribution in [-0.2, 0) is 10.2 Å². The number of rotatable bonds is 0. The van der Waals surface area contributed by atoms with Crippen LogP contribution in [-0.4, -0.2) is 36.4 Å². The molecular weight excluding hydrogens is 272 g/mol. The van der Waals surface area contributed by atoms with E-state index in [4.69, 9.17) is 4.74 Å². The summed E-state index contributed by atoms with van der Waals surface area (Å²) >= 11 is 0. The largest absolute Gasteiger partial charge is 0.381 e. The highest BCUT2D eigenvalue weighted by molar-refractivity contribution is 5.65. The third-order valence-electron chi connectivity index (χ3n) is 7.76. The Balaban J connectivity index is 1.67. The van der Waals surface area contributed by atoms with Gasteiger partial charge >= 0.3 is 0 Å². The Bertz CT molecular complexity index is 661. The number of hydrogen-bond donors (Lipinski definition) is 1. The highest BCUT2D eigenvalue weighted by atomic mass is 16.5. The number of piperidine rings is 1. The quantitative estimate of drug-likeness (QED) is 0.796. The van der Waals surface area contributed by atoms with Crippen LogP contribution in [0.4, 0.5) is 5.69 Å². The lowest BCUT2D eigenvalue weighted by Gasteiger charge is -2.62. The maximum atomic E-state index is 6.77. The fraction of sp³-hybridized carbons (Fsp3) is 0.684. The molecule has 4 heterocycles. The summed E-state index contributed by atoms with van der Waals surface area (Å²) in [4.78, 5) is 2.75. The molecule has 4 fully saturated rings. The smallest absolute Gasteiger partial charge is 0.139 e. The van der Waals surface area contributed by atoms with Crippen LogP contribution in [0.25, 0.3) is 0 Å². The highest BCUT2D eigenvalue weighted by Crippen LogP contribution is 2.72. The average molecular weight is 296 g/mol. The summed E-state index contributed by atoms with van der Waals surface area (Å²) in [5, 5.41) is 3.89. The van der Waals surface area contributed by atoms with Gasteiger partial charge in [-0.1, -0.05) is 18.2 Å². The minimum Gasteiger partial charge on any atom is -0.381 e. The van der Waals surface area contributed by atoms with Gasteiger partial charge in [0.15, 0.2) is 0 Å². The first kappa shape index (κ1) is 12.4. The number of hydrogen-bond acceptors (Lipinski definition) is 3. The molecule has 6 rings (SSSR count). The predicted octanol–water partition coefficient (Wildman–Crippen LogP) is 3.11. The summed E-state index contributed by atoms with van der Waals surface area (Å²) < 4.78 is 6.77. The van der Waals surface area contributed by atoms with Crippen molar-refractivity contribution >= 4 is 5.69 Å². The molecule has 0 unspecified atom stereocenters. The van der Waals surface area contributed by atoms with Crippen molar-refractivity contribution in [1.29, 1.82) is 0 Å². The number of benzene rings is 1. The normalized spacial score (nSPS) is 48.3. The van der Waals surface area contributed by atoms with Crippen LogP contribution < -0.4 is 5.32 Å². The lowest BCUT2D eigenvalue weighted by Crippen LogP contribution is -2.72. The Morgan fingerprint density at radius 3 is 3.05 bits per heavy atom. The Hall–Kier alpha value is -1.06. The minimum atomic E-state index is -0.0131. The van der Waals surface area contributed by atoms with Gasteiger partial charge in [-0.2, -0.15) is 0 Å². The second kappa shape index (κ2) is 3.70. The third-order valence-corrected chi connectivity index (χ3v) is 7.76. The SMILES string of the molecule is c1ccc2c(c1)N[C@H]1CC[C@@]34CCCN5CC[C@@]21[C@]53OCC4. The first-order valence-electron chi connectivity index (χ1n) is 9.08. The molecule has 1 saturated carbocycles. The Kier molecular flexibility index (Phi) is 2.08. The van der Waals surface area contributed by atoms with Crippen molar-refractivity contribution in [3.05, 3.63) is 29.8 Å². The van der Waals surface area contributed by atoms with E-state index in [0.29, 0.717) is 11.5 Å². The average Bonchev–Trinajstić information content (AvgIpc) is 3.19. The maximum Gasteiger partial charge on any atom is 0.139 e. The molecule has 116 valence electrons. The lowest BCUT2D eigenvalue weighted by molar-refractivity contribution is -0.230. The Morgan fingerprint density at radius 1 is 1.09 bits per heavy atom. The first-order chi connectivity index (χ1) is 10.8. The molecule has 5 aliphatic rings. The van der Waals surface area contributed by atoms with Gasteiger partial charge in [0, 0.05) is 36.8 Å². The monoisotopic (exact) mass is 296 g/mol. The van der Waals surface area contributed by atoms with Crippen LogP contribution >= 0.6 is 0 Å². The molecule has 1 aliphatic carbocycles. The van der Waals surface area contributed by atoms with Crippen LogP contribution in [0.5, 0.6) is 0 Å². The van der Waals surface area contributed by atoms with Crippen molar-refractivity contribution in [2.45, 2.75) is 55.7 Å². The number of fused-ring (bicyclic) bond motifs is 1. The van der Waals surface area contributed by atoms with E-state index in [1.54, 1.807) is 5.56 Å². The molecule has 1 N–H and O–H groups in total. The van der Waals surface area contributed by atoms with Gasteiger partial charge in [0.2, 0.25) is 0 Å². The molecule has 3 nitrogen and oxygen atoms in total. The number of para-hydroxylation sites is 1. The number of ether oxygens (including phenoxy) is 1. The summed E-state index contributed by atoms with van der Waals surface area (Å²) in [5.74, 6) is 0. The van der Waals surface area contributed by atoms with Gasteiger partial charge in [0.25, 0.3) is 0 Å². The Labute approximate surface area is 132 Å². The summed E-state index contributed by atoms with van der Waals surface area (Å²) in [6.07, 6.45) is 7.94. The van der Waals surface area contributed by atoms with Gasteiger partial charge in [-0.15, -0.1) is 0 Å². The van der Waals surface area contributed by atoms with E-state index in [1.807, 2.05) is 0 Å². The van der Waals surface area contributed by atoms with E-state index in [2.05, 4.69) is 34.5 Å². The fourth-order valence-corrected chi connectivity index (χ4v) is 7.22. The third kappa shape index (κ3) is 1.03. The summed E-state index contributed by atoms with van der Waals surface area (Å²) in [7, 11) is 0. The van der Waals surface area contributed by atoms with Crippen LogP contribution in [0.2, 0.25) is 0 Å². The molecule has 3 saturated heterocycles. The van der Waals surface area contributed by atoms with Gasteiger partial charge in [0.05, 0.1) is 5.41 Å². The lowest BCUT2D eigenvalue weighted by atomic mass is 9.50. The van der Waals surface area contributed by atoms with Crippen LogP contribution in [0.3, 0.4) is 0 Å². The topological polar surface area (TPSA) is 24.5 Å². The van der Waals surface area contributed by atoms with E-state index >= 15 is 0 Å². The van der Waals surface area contributed by atoms with E-state index in [1.165, 1.54) is 57.3 Å². The molecule has 1 aromatic carbocycles. The number of nitrogens with zero attached hydrogens (tertiary/aromatic N) is 1. The summed E-state index contributed by atoms with van der Waals surface area (Å²) in [6, 6.07) is 9.63. The van der Waals surface area contributed by atoms with E-state index in [-0.39, 0.29) is 11.1 Å².